The first-order chi connectivity index (χ1) is 12.5. The molecule has 1 aliphatic rings. The molecule has 4 rings (SSSR count). The summed E-state index contributed by atoms with van der Waals surface area (Å²) in [5, 5.41) is 0. The van der Waals surface area contributed by atoms with E-state index in [4.69, 9.17) is 0 Å². The summed E-state index contributed by atoms with van der Waals surface area (Å²) in [6.45, 7) is 6.02. The second-order valence-electron chi connectivity index (χ2n) is 6.86. The maximum absolute atomic E-state index is 13.0. The predicted octanol–water partition coefficient (Wildman–Crippen LogP) is 2.12. The Labute approximate surface area is 154 Å². The molecule has 3 aromatic rings. The van der Waals surface area contributed by atoms with E-state index in [1.807, 2.05) is 24.6 Å². The number of aryl methyl sites for hydroxylation is 2. The van der Waals surface area contributed by atoms with Crippen LogP contribution in [0.4, 0.5) is 0 Å². The highest BCUT2D eigenvalue weighted by atomic mass is 32.1. The van der Waals surface area contributed by atoms with E-state index in [1.165, 1.54) is 17.5 Å². The van der Waals surface area contributed by atoms with Crippen LogP contribution in [0, 0.1) is 19.8 Å². The molecule has 7 nitrogen and oxygen atoms in total. The minimum atomic E-state index is -0.265. The van der Waals surface area contributed by atoms with Crippen LogP contribution in [0.1, 0.15) is 33.8 Å². The molecule has 0 saturated carbocycles. The number of likely N-dealkylation sites (tertiary alicyclic amines) is 1. The van der Waals surface area contributed by atoms with E-state index in [2.05, 4.69) is 9.97 Å². The summed E-state index contributed by atoms with van der Waals surface area (Å²) in [5.74, 6) is 0.155. The zero-order valence-electron chi connectivity index (χ0n) is 14.9. The van der Waals surface area contributed by atoms with Crippen molar-refractivity contribution in [2.45, 2.75) is 33.2 Å². The number of amides is 1. The first-order valence-corrected chi connectivity index (χ1v) is 9.59. The largest absolute Gasteiger partial charge is 0.338 e. The van der Waals surface area contributed by atoms with Gasteiger partial charge >= 0.3 is 0 Å². The van der Waals surface area contributed by atoms with E-state index in [0.717, 1.165) is 30.0 Å². The van der Waals surface area contributed by atoms with Crippen LogP contribution < -0.4 is 5.56 Å². The van der Waals surface area contributed by atoms with Crippen LogP contribution in [0.5, 0.6) is 0 Å². The molecule has 0 bridgehead atoms. The first-order valence-electron chi connectivity index (χ1n) is 8.77. The van der Waals surface area contributed by atoms with Gasteiger partial charge in [-0.2, -0.15) is 0 Å². The quantitative estimate of drug-likeness (QED) is 0.707. The molecule has 136 valence electrons. The van der Waals surface area contributed by atoms with Gasteiger partial charge in [0.2, 0.25) is 0 Å². The molecule has 4 heterocycles. The number of rotatable bonds is 3. The van der Waals surface area contributed by atoms with Crippen molar-refractivity contribution >= 4 is 22.2 Å². The van der Waals surface area contributed by atoms with Crippen molar-refractivity contribution in [3.8, 4) is 0 Å². The van der Waals surface area contributed by atoms with Crippen molar-refractivity contribution in [3.63, 3.8) is 0 Å². The average Bonchev–Trinajstić information content (AvgIpc) is 3.24. The Bertz CT molecular complexity index is 1000. The fourth-order valence-electron chi connectivity index (χ4n) is 3.58. The molecule has 1 aliphatic heterocycles. The Morgan fingerprint density at radius 3 is 3.00 bits per heavy atom. The molecule has 3 aromatic heterocycles. The summed E-state index contributed by atoms with van der Waals surface area (Å²) in [6, 6.07) is 0. The lowest BCUT2D eigenvalue weighted by Crippen LogP contribution is -2.43. The maximum atomic E-state index is 13.0. The van der Waals surface area contributed by atoms with Gasteiger partial charge in [-0.15, -0.1) is 11.3 Å². The minimum Gasteiger partial charge on any atom is -0.338 e. The van der Waals surface area contributed by atoms with Crippen LogP contribution in [0.25, 0.3) is 4.96 Å². The van der Waals surface area contributed by atoms with E-state index in [0.29, 0.717) is 24.0 Å². The average molecular weight is 371 g/mol. The summed E-state index contributed by atoms with van der Waals surface area (Å²) in [6.07, 6.45) is 8.95. The molecule has 0 spiro atoms. The normalized spacial score (nSPS) is 17.8. The molecule has 0 N–H and O–H groups in total. The smallest absolute Gasteiger partial charge is 0.271 e. The molecular formula is C18H21N5O2S. The molecule has 8 heteroatoms. The van der Waals surface area contributed by atoms with Gasteiger partial charge in [-0.1, -0.05) is 0 Å². The summed E-state index contributed by atoms with van der Waals surface area (Å²) in [4.78, 5) is 37.7. The Morgan fingerprint density at radius 1 is 1.38 bits per heavy atom. The Hall–Kier alpha value is -2.48. The van der Waals surface area contributed by atoms with Gasteiger partial charge in [-0.05, 0) is 32.6 Å². The van der Waals surface area contributed by atoms with Crippen molar-refractivity contribution in [1.82, 2.24) is 23.8 Å². The van der Waals surface area contributed by atoms with Crippen molar-refractivity contribution in [2.24, 2.45) is 5.92 Å². The van der Waals surface area contributed by atoms with Crippen LogP contribution in [-0.2, 0) is 6.54 Å². The Kier molecular flexibility index (Phi) is 4.36. The number of thiazole rings is 1. The first kappa shape index (κ1) is 17.0. The SMILES string of the molecule is Cc1sc2ncc(C(=O)N3CCC[C@H](Cn4ccnc4)C3)c(=O)n2c1C. The summed E-state index contributed by atoms with van der Waals surface area (Å²) >= 11 is 1.47. The molecule has 1 amide bonds. The Morgan fingerprint density at radius 2 is 2.23 bits per heavy atom. The third-order valence-electron chi connectivity index (χ3n) is 5.08. The molecule has 26 heavy (non-hydrogen) atoms. The fraction of sp³-hybridized carbons (Fsp3) is 0.444. The highest BCUT2D eigenvalue weighted by Gasteiger charge is 2.27. The van der Waals surface area contributed by atoms with Crippen molar-refractivity contribution in [3.05, 3.63) is 51.4 Å². The predicted molar refractivity (Wildman–Crippen MR) is 99.7 cm³/mol. The third-order valence-corrected chi connectivity index (χ3v) is 6.16. The van der Waals surface area contributed by atoms with Gasteiger partial charge < -0.3 is 9.47 Å². The van der Waals surface area contributed by atoms with Crippen molar-refractivity contribution in [2.75, 3.05) is 13.1 Å². The molecule has 1 saturated heterocycles. The van der Waals surface area contributed by atoms with Crippen molar-refractivity contribution < 1.29 is 4.79 Å². The molecule has 0 unspecified atom stereocenters. The maximum Gasteiger partial charge on any atom is 0.271 e. The van der Waals surface area contributed by atoms with E-state index in [1.54, 1.807) is 21.8 Å². The van der Waals surface area contributed by atoms with Crippen LogP contribution in [0.15, 0.2) is 29.7 Å². The minimum absolute atomic E-state index is 0.159. The van der Waals surface area contributed by atoms with Crippen LogP contribution >= 0.6 is 11.3 Å². The molecular weight excluding hydrogens is 350 g/mol. The fourth-order valence-corrected chi connectivity index (χ4v) is 4.51. The molecule has 0 aliphatic carbocycles. The Balaban J connectivity index is 1.59. The summed E-state index contributed by atoms with van der Waals surface area (Å²) in [7, 11) is 0. The number of carbonyl (C=O) groups excluding carboxylic acids is 1. The van der Waals surface area contributed by atoms with Crippen LogP contribution in [-0.4, -0.2) is 42.8 Å². The van der Waals surface area contributed by atoms with E-state index in [-0.39, 0.29) is 17.0 Å². The third kappa shape index (κ3) is 2.94. The van der Waals surface area contributed by atoms with Gasteiger partial charge in [0, 0.05) is 48.8 Å². The summed E-state index contributed by atoms with van der Waals surface area (Å²) in [5.41, 5.74) is 0.749. The van der Waals surface area contributed by atoms with Crippen molar-refractivity contribution in [1.29, 1.82) is 0 Å². The van der Waals surface area contributed by atoms with Gasteiger partial charge in [-0.3, -0.25) is 14.0 Å². The monoisotopic (exact) mass is 371 g/mol. The number of imidazole rings is 1. The van der Waals surface area contributed by atoms with Gasteiger partial charge in [0.05, 0.1) is 6.33 Å². The number of carbonyl (C=O) groups is 1. The van der Waals surface area contributed by atoms with E-state index in [9.17, 15) is 9.59 Å². The number of nitrogens with zero attached hydrogens (tertiary/aromatic N) is 5. The van der Waals surface area contributed by atoms with Crippen LogP contribution in [0.3, 0.4) is 0 Å². The lowest BCUT2D eigenvalue weighted by molar-refractivity contribution is 0.0660. The van der Waals surface area contributed by atoms with E-state index < -0.39 is 0 Å². The lowest BCUT2D eigenvalue weighted by atomic mass is 9.97. The molecule has 0 aromatic carbocycles. The summed E-state index contributed by atoms with van der Waals surface area (Å²) < 4.78 is 3.60. The van der Waals surface area contributed by atoms with Gasteiger partial charge in [0.25, 0.3) is 11.5 Å². The number of piperidine rings is 1. The molecule has 1 fully saturated rings. The number of fused-ring (bicyclic) bond motifs is 1. The highest BCUT2D eigenvalue weighted by Crippen LogP contribution is 2.21. The zero-order chi connectivity index (χ0) is 18.3. The molecule has 0 radical (unpaired) electrons. The van der Waals surface area contributed by atoms with Gasteiger partial charge in [0.1, 0.15) is 5.56 Å². The van der Waals surface area contributed by atoms with Crippen LogP contribution in [0.2, 0.25) is 0 Å². The number of hydrogen-bond donors (Lipinski definition) is 0. The van der Waals surface area contributed by atoms with Gasteiger partial charge in [-0.25, -0.2) is 9.97 Å². The van der Waals surface area contributed by atoms with Gasteiger partial charge in [0.15, 0.2) is 4.96 Å². The topological polar surface area (TPSA) is 72.5 Å². The second kappa shape index (κ2) is 6.68. The van der Waals surface area contributed by atoms with E-state index >= 15 is 0 Å². The zero-order valence-corrected chi connectivity index (χ0v) is 15.7. The molecule has 1 atom stereocenters. The standard InChI is InChI=1S/C18H21N5O2S/c1-12-13(2)26-18-20-8-15(17(25)23(12)18)16(24)22-6-3-4-14(10-22)9-21-7-5-19-11-21/h5,7-8,11,14H,3-4,6,9-10H2,1-2H3/t14-/m1/s1. The number of aromatic nitrogens is 4. The number of hydrogen-bond acceptors (Lipinski definition) is 5. The second-order valence-corrected chi connectivity index (χ2v) is 8.04. The highest BCUT2D eigenvalue weighted by molar-refractivity contribution is 7.17. The lowest BCUT2D eigenvalue weighted by Gasteiger charge is -2.32.